The van der Waals surface area contributed by atoms with Crippen molar-refractivity contribution in [2.24, 2.45) is 0 Å². The summed E-state index contributed by atoms with van der Waals surface area (Å²) in [6.07, 6.45) is -1.94. The van der Waals surface area contributed by atoms with Crippen molar-refractivity contribution in [1.29, 1.82) is 0 Å². The van der Waals surface area contributed by atoms with Crippen LogP contribution in [0.15, 0.2) is 29.3 Å². The molecule has 1 amide bonds. The molecule has 0 atom stereocenters. The van der Waals surface area contributed by atoms with Gasteiger partial charge >= 0.3 is 6.18 Å². The molecule has 0 aliphatic carbocycles. The molecule has 0 saturated carbocycles. The molecule has 14 heteroatoms. The van der Waals surface area contributed by atoms with E-state index in [-0.39, 0.29) is 37.6 Å². The number of pyridine rings is 1. The second-order valence-corrected chi connectivity index (χ2v) is 8.03. The summed E-state index contributed by atoms with van der Waals surface area (Å²) >= 11 is 5.86. The lowest BCUT2D eigenvalue weighted by molar-refractivity contribution is -0.140. The number of carbonyl (C=O) groups is 1. The molecular weight excluding hydrogens is 479 g/mol. The summed E-state index contributed by atoms with van der Waals surface area (Å²) in [5.41, 5.74) is -2.27. The van der Waals surface area contributed by atoms with Crippen LogP contribution in [0.1, 0.15) is 12.1 Å². The molecule has 1 aliphatic heterocycles. The molecule has 4 heterocycles. The van der Waals surface area contributed by atoms with Crippen LogP contribution in [0.2, 0.25) is 5.02 Å². The number of carbonyl (C=O) groups excluding carboxylic acids is 1. The Kier molecular flexibility index (Phi) is 7.03. The molecule has 0 spiro atoms. The van der Waals surface area contributed by atoms with Gasteiger partial charge in [0.05, 0.1) is 42.9 Å². The van der Waals surface area contributed by atoms with E-state index >= 15 is 0 Å². The number of hydrogen-bond donors (Lipinski definition) is 1. The summed E-state index contributed by atoms with van der Waals surface area (Å²) in [7, 11) is 0. The zero-order valence-electron chi connectivity index (χ0n) is 17.9. The fourth-order valence-electron chi connectivity index (χ4n) is 3.72. The van der Waals surface area contributed by atoms with Crippen LogP contribution in [-0.2, 0) is 22.3 Å². The Morgan fingerprint density at radius 1 is 1.15 bits per heavy atom. The molecule has 1 N–H and O–H groups in total. The summed E-state index contributed by atoms with van der Waals surface area (Å²) in [6.45, 7) is 2.48. The number of aromatic amines is 1. The Balaban J connectivity index is 1.24. The van der Waals surface area contributed by atoms with E-state index in [1.54, 1.807) is 17.2 Å². The average Bonchev–Trinajstić information content (AvgIpc) is 3.20. The third-order valence-electron chi connectivity index (χ3n) is 5.42. The van der Waals surface area contributed by atoms with Crippen molar-refractivity contribution in [2.45, 2.75) is 19.1 Å². The monoisotopic (exact) mass is 499 g/mol. The van der Waals surface area contributed by atoms with Gasteiger partial charge in [-0.1, -0.05) is 11.6 Å². The van der Waals surface area contributed by atoms with Crippen molar-refractivity contribution in [1.82, 2.24) is 29.9 Å². The summed E-state index contributed by atoms with van der Waals surface area (Å²) in [6, 6.07) is 3.60. The minimum Gasteiger partial charge on any atom is -0.379 e. The number of H-pyrrole nitrogens is 1. The first-order valence-electron chi connectivity index (χ1n) is 10.5. The van der Waals surface area contributed by atoms with Crippen LogP contribution in [0.5, 0.6) is 0 Å². The van der Waals surface area contributed by atoms with Crippen molar-refractivity contribution in [3.63, 3.8) is 0 Å². The van der Waals surface area contributed by atoms with E-state index in [4.69, 9.17) is 16.3 Å². The van der Waals surface area contributed by atoms with Crippen LogP contribution in [0.25, 0.3) is 10.9 Å². The fourth-order valence-corrected chi connectivity index (χ4v) is 3.83. The minimum absolute atomic E-state index is 0.0180. The number of nitrogens with zero attached hydrogens (tertiary/aromatic N) is 6. The van der Waals surface area contributed by atoms with Crippen molar-refractivity contribution >= 4 is 34.2 Å². The lowest BCUT2D eigenvalue weighted by Crippen LogP contribution is -2.49. The maximum absolute atomic E-state index is 13.2. The lowest BCUT2D eigenvalue weighted by Gasteiger charge is -2.35. The van der Waals surface area contributed by atoms with E-state index in [0.717, 1.165) is 16.7 Å². The number of piperazine rings is 1. The number of anilines is 1. The molecule has 0 unspecified atom stereocenters. The van der Waals surface area contributed by atoms with Crippen molar-refractivity contribution in [2.75, 3.05) is 44.3 Å². The highest BCUT2D eigenvalue weighted by Crippen LogP contribution is 2.32. The summed E-state index contributed by atoms with van der Waals surface area (Å²) in [4.78, 5) is 32.4. The number of alkyl halides is 3. The van der Waals surface area contributed by atoms with Crippen LogP contribution >= 0.6 is 11.6 Å². The van der Waals surface area contributed by atoms with E-state index in [0.29, 0.717) is 31.2 Å². The molecule has 3 aromatic heterocycles. The molecule has 34 heavy (non-hydrogen) atoms. The first kappa shape index (κ1) is 24.0. The van der Waals surface area contributed by atoms with Gasteiger partial charge in [-0.15, -0.1) is 0 Å². The SMILES string of the molecule is O=C(CCOCCn1nc(C(F)(F)F)c2c(=O)[nH]ncc21)N1CCN(c2ccc(Cl)cn2)CC1. The van der Waals surface area contributed by atoms with Gasteiger partial charge in [0, 0.05) is 32.4 Å². The number of halogens is 4. The van der Waals surface area contributed by atoms with Gasteiger partial charge in [0.1, 0.15) is 11.2 Å². The highest BCUT2D eigenvalue weighted by atomic mass is 35.5. The first-order valence-corrected chi connectivity index (χ1v) is 10.9. The van der Waals surface area contributed by atoms with Crippen LogP contribution in [0.4, 0.5) is 19.0 Å². The third-order valence-corrected chi connectivity index (χ3v) is 5.64. The van der Waals surface area contributed by atoms with E-state index in [1.165, 1.54) is 0 Å². The standard InChI is InChI=1S/C20H21ClF3N7O3/c21-13-1-2-15(25-11-13)29-4-6-30(7-5-29)16(32)3-9-34-10-8-31-14-12-26-27-19(33)17(14)18(28-31)20(22,23)24/h1-2,11-12H,3-10H2,(H,27,33). The van der Waals surface area contributed by atoms with Gasteiger partial charge in [0.2, 0.25) is 5.91 Å². The van der Waals surface area contributed by atoms with Gasteiger partial charge in [-0.3, -0.25) is 14.3 Å². The van der Waals surface area contributed by atoms with Crippen LogP contribution in [0.3, 0.4) is 0 Å². The Hall–Kier alpha value is -3.19. The van der Waals surface area contributed by atoms with Gasteiger partial charge in [-0.2, -0.15) is 23.4 Å². The topological polar surface area (TPSA) is 109 Å². The second kappa shape index (κ2) is 9.97. The molecule has 1 fully saturated rings. The number of ether oxygens (including phenoxy) is 1. The Labute approximate surface area is 196 Å². The normalized spacial score (nSPS) is 14.7. The van der Waals surface area contributed by atoms with Gasteiger partial charge < -0.3 is 14.5 Å². The predicted molar refractivity (Wildman–Crippen MR) is 117 cm³/mol. The smallest absolute Gasteiger partial charge is 0.379 e. The van der Waals surface area contributed by atoms with Gasteiger partial charge in [0.15, 0.2) is 5.69 Å². The maximum atomic E-state index is 13.2. The number of rotatable bonds is 7. The number of fused-ring (bicyclic) bond motifs is 1. The summed E-state index contributed by atoms with van der Waals surface area (Å²) < 4.78 is 46.1. The van der Waals surface area contributed by atoms with Crippen LogP contribution in [0, 0.1) is 0 Å². The Bertz CT molecular complexity index is 1200. The first-order chi connectivity index (χ1) is 16.2. The number of amides is 1. The van der Waals surface area contributed by atoms with E-state index in [9.17, 15) is 22.8 Å². The van der Waals surface area contributed by atoms with E-state index in [1.807, 2.05) is 11.2 Å². The van der Waals surface area contributed by atoms with E-state index < -0.39 is 22.8 Å². The maximum Gasteiger partial charge on any atom is 0.435 e. The molecule has 1 saturated heterocycles. The highest BCUT2D eigenvalue weighted by molar-refractivity contribution is 6.30. The molecule has 0 aromatic carbocycles. The van der Waals surface area contributed by atoms with Crippen LogP contribution in [-0.4, -0.2) is 75.2 Å². The zero-order valence-corrected chi connectivity index (χ0v) is 18.6. The Morgan fingerprint density at radius 3 is 2.59 bits per heavy atom. The summed E-state index contributed by atoms with van der Waals surface area (Å²) in [5, 5.41) is 9.06. The molecule has 0 radical (unpaired) electrons. The molecule has 4 rings (SSSR count). The summed E-state index contributed by atoms with van der Waals surface area (Å²) in [5.74, 6) is 0.736. The predicted octanol–water partition coefficient (Wildman–Crippen LogP) is 1.94. The Morgan fingerprint density at radius 2 is 1.91 bits per heavy atom. The molecule has 10 nitrogen and oxygen atoms in total. The highest BCUT2D eigenvalue weighted by Gasteiger charge is 2.38. The third kappa shape index (κ3) is 5.30. The number of hydrogen-bond acceptors (Lipinski definition) is 7. The van der Waals surface area contributed by atoms with Gasteiger partial charge in [-0.25, -0.2) is 10.1 Å². The molecule has 3 aromatic rings. The average molecular weight is 500 g/mol. The van der Waals surface area contributed by atoms with Crippen molar-refractivity contribution in [3.05, 3.63) is 45.6 Å². The molecular formula is C20H21ClF3N7O3. The minimum atomic E-state index is -4.78. The molecule has 0 bridgehead atoms. The largest absolute Gasteiger partial charge is 0.435 e. The second-order valence-electron chi connectivity index (χ2n) is 7.59. The van der Waals surface area contributed by atoms with Gasteiger partial charge in [0.25, 0.3) is 5.56 Å². The lowest BCUT2D eigenvalue weighted by atomic mass is 10.2. The number of aromatic nitrogens is 5. The van der Waals surface area contributed by atoms with Crippen LogP contribution < -0.4 is 10.5 Å². The van der Waals surface area contributed by atoms with Crippen molar-refractivity contribution in [3.8, 4) is 0 Å². The molecule has 182 valence electrons. The fraction of sp³-hybridized carbons (Fsp3) is 0.450. The quantitative estimate of drug-likeness (QED) is 0.495. The molecule has 1 aliphatic rings. The zero-order chi connectivity index (χ0) is 24.3. The van der Waals surface area contributed by atoms with Gasteiger partial charge in [-0.05, 0) is 12.1 Å². The van der Waals surface area contributed by atoms with Crippen molar-refractivity contribution < 1.29 is 22.7 Å². The van der Waals surface area contributed by atoms with E-state index in [2.05, 4.69) is 20.1 Å². The number of nitrogens with one attached hydrogen (secondary N) is 1.